The summed E-state index contributed by atoms with van der Waals surface area (Å²) in [5.41, 5.74) is 0.966. The van der Waals surface area contributed by atoms with Gasteiger partial charge >= 0.3 is 0 Å². The lowest BCUT2D eigenvalue weighted by Crippen LogP contribution is -1.89. The molecule has 0 bridgehead atoms. The van der Waals surface area contributed by atoms with Gasteiger partial charge in [-0.05, 0) is 35.9 Å². The van der Waals surface area contributed by atoms with Gasteiger partial charge in [-0.25, -0.2) is 4.39 Å². The molecule has 0 spiro atoms. The molecule has 0 aromatic heterocycles. The minimum Gasteiger partial charge on any atom is -0.396 e. The van der Waals surface area contributed by atoms with E-state index in [0.29, 0.717) is 0 Å². The Labute approximate surface area is 95.8 Å². The Kier molecular flexibility index (Phi) is 5.52. The molecular weight excluding hydrogens is 267 g/mol. The summed E-state index contributed by atoms with van der Waals surface area (Å²) in [5.74, 6) is 1.48. The molecule has 0 amide bonds. The molecule has 0 saturated heterocycles. The molecule has 14 heavy (non-hydrogen) atoms. The van der Waals surface area contributed by atoms with Crippen LogP contribution < -0.4 is 0 Å². The summed E-state index contributed by atoms with van der Waals surface area (Å²) in [5, 5.41) is 8.58. The van der Waals surface area contributed by atoms with Gasteiger partial charge in [0.1, 0.15) is 5.82 Å². The molecule has 0 aliphatic carbocycles. The van der Waals surface area contributed by atoms with E-state index in [1.54, 1.807) is 17.8 Å². The van der Waals surface area contributed by atoms with Crippen molar-refractivity contribution in [3.63, 3.8) is 0 Å². The summed E-state index contributed by atoms with van der Waals surface area (Å²) < 4.78 is 13.8. The van der Waals surface area contributed by atoms with Gasteiger partial charge in [0.2, 0.25) is 0 Å². The maximum absolute atomic E-state index is 12.9. The first-order chi connectivity index (χ1) is 6.74. The Morgan fingerprint density at radius 2 is 2.21 bits per heavy atom. The number of thioether (sulfide) groups is 1. The van der Waals surface area contributed by atoms with Gasteiger partial charge < -0.3 is 5.11 Å². The van der Waals surface area contributed by atoms with Crippen molar-refractivity contribution in [2.45, 2.75) is 12.2 Å². The molecule has 1 rings (SSSR count). The first kappa shape index (κ1) is 12.0. The van der Waals surface area contributed by atoms with E-state index in [1.165, 1.54) is 12.1 Å². The third-order valence-corrected chi connectivity index (χ3v) is 3.58. The second kappa shape index (κ2) is 6.43. The van der Waals surface area contributed by atoms with E-state index in [1.807, 2.05) is 0 Å². The highest BCUT2D eigenvalue weighted by Crippen LogP contribution is 2.22. The Bertz CT molecular complexity index is 293. The van der Waals surface area contributed by atoms with Crippen molar-refractivity contribution in [1.29, 1.82) is 0 Å². The van der Waals surface area contributed by atoms with Gasteiger partial charge in [0, 0.05) is 16.8 Å². The molecule has 0 fully saturated rings. The normalized spacial score (nSPS) is 10.5. The van der Waals surface area contributed by atoms with Crippen molar-refractivity contribution in [1.82, 2.24) is 0 Å². The van der Waals surface area contributed by atoms with E-state index < -0.39 is 0 Å². The molecule has 0 aliphatic rings. The minimum absolute atomic E-state index is 0.203. The zero-order valence-corrected chi connectivity index (χ0v) is 10.1. The van der Waals surface area contributed by atoms with Crippen molar-refractivity contribution in [2.24, 2.45) is 0 Å². The first-order valence-electron chi connectivity index (χ1n) is 4.36. The van der Waals surface area contributed by atoms with Crippen molar-refractivity contribution in [3.8, 4) is 0 Å². The molecule has 1 nitrogen and oxygen atoms in total. The van der Waals surface area contributed by atoms with Crippen LogP contribution in [0.3, 0.4) is 0 Å². The number of hydrogen-bond donors (Lipinski definition) is 1. The van der Waals surface area contributed by atoms with Crippen molar-refractivity contribution >= 4 is 27.7 Å². The van der Waals surface area contributed by atoms with Crippen LogP contribution in [-0.4, -0.2) is 17.5 Å². The van der Waals surface area contributed by atoms with Crippen LogP contribution in [0.25, 0.3) is 0 Å². The first-order valence-corrected chi connectivity index (χ1v) is 6.31. The smallest absolute Gasteiger partial charge is 0.123 e. The monoisotopic (exact) mass is 278 g/mol. The number of hydrogen-bond acceptors (Lipinski definition) is 2. The fourth-order valence-electron chi connectivity index (χ4n) is 1.00. The lowest BCUT2D eigenvalue weighted by molar-refractivity contribution is 0.296. The fourth-order valence-corrected chi connectivity index (χ4v) is 2.51. The number of aliphatic hydroxyl groups is 1. The lowest BCUT2D eigenvalue weighted by Gasteiger charge is -2.03. The van der Waals surface area contributed by atoms with E-state index in [0.717, 1.165) is 28.0 Å². The third kappa shape index (κ3) is 3.98. The van der Waals surface area contributed by atoms with Crippen LogP contribution in [-0.2, 0) is 5.75 Å². The highest BCUT2D eigenvalue weighted by molar-refractivity contribution is 9.10. The summed E-state index contributed by atoms with van der Waals surface area (Å²) in [7, 11) is 0. The summed E-state index contributed by atoms with van der Waals surface area (Å²) in [6.45, 7) is 0.220. The molecule has 0 heterocycles. The molecule has 4 heteroatoms. The number of rotatable bonds is 5. The molecule has 0 aliphatic heterocycles. The molecule has 0 saturated carbocycles. The van der Waals surface area contributed by atoms with Crippen LogP contribution >= 0.6 is 27.7 Å². The third-order valence-electron chi connectivity index (χ3n) is 1.71. The number of benzene rings is 1. The maximum atomic E-state index is 12.9. The Balaban J connectivity index is 2.45. The van der Waals surface area contributed by atoms with Crippen molar-refractivity contribution < 1.29 is 9.50 Å². The highest BCUT2D eigenvalue weighted by Gasteiger charge is 2.01. The van der Waals surface area contributed by atoms with Gasteiger partial charge in [0.25, 0.3) is 0 Å². The fraction of sp³-hybridized carbons (Fsp3) is 0.400. The van der Waals surface area contributed by atoms with E-state index >= 15 is 0 Å². The molecule has 1 N–H and O–H groups in total. The standard InChI is InChI=1S/C10H12BrFOS/c11-10-3-2-9(12)6-8(10)7-14-5-1-4-13/h2-3,6,13H,1,4-5,7H2. The van der Waals surface area contributed by atoms with Crippen LogP contribution in [0.1, 0.15) is 12.0 Å². The minimum atomic E-state index is -0.203. The van der Waals surface area contributed by atoms with Crippen LogP contribution in [0, 0.1) is 5.82 Å². The Morgan fingerprint density at radius 1 is 1.43 bits per heavy atom. The lowest BCUT2D eigenvalue weighted by atomic mass is 10.2. The van der Waals surface area contributed by atoms with Crippen molar-refractivity contribution in [2.75, 3.05) is 12.4 Å². The van der Waals surface area contributed by atoms with Crippen LogP contribution in [0.2, 0.25) is 0 Å². The van der Waals surface area contributed by atoms with Crippen LogP contribution in [0.15, 0.2) is 22.7 Å². The van der Waals surface area contributed by atoms with Crippen molar-refractivity contribution in [3.05, 3.63) is 34.1 Å². The number of halogens is 2. The second-order valence-corrected chi connectivity index (χ2v) is 4.82. The summed E-state index contributed by atoms with van der Waals surface area (Å²) >= 11 is 5.07. The van der Waals surface area contributed by atoms with Crippen LogP contribution in [0.4, 0.5) is 4.39 Å². The Morgan fingerprint density at radius 3 is 2.93 bits per heavy atom. The molecule has 0 atom stereocenters. The maximum Gasteiger partial charge on any atom is 0.123 e. The summed E-state index contributed by atoms with van der Waals surface area (Å²) in [4.78, 5) is 0. The molecule has 0 radical (unpaired) electrons. The second-order valence-electron chi connectivity index (χ2n) is 2.87. The molecular formula is C10H12BrFOS. The highest BCUT2D eigenvalue weighted by atomic mass is 79.9. The SMILES string of the molecule is OCCCSCc1cc(F)ccc1Br. The zero-order chi connectivity index (χ0) is 10.4. The van der Waals surface area contributed by atoms with Gasteiger partial charge in [0.05, 0.1) is 0 Å². The van der Waals surface area contributed by atoms with Gasteiger partial charge in [-0.1, -0.05) is 15.9 Å². The topological polar surface area (TPSA) is 20.2 Å². The average molecular weight is 279 g/mol. The summed E-state index contributed by atoms with van der Waals surface area (Å²) in [6.07, 6.45) is 0.789. The zero-order valence-electron chi connectivity index (χ0n) is 7.67. The van der Waals surface area contributed by atoms with Crippen LogP contribution in [0.5, 0.6) is 0 Å². The molecule has 78 valence electrons. The summed E-state index contributed by atoms with van der Waals surface area (Å²) in [6, 6.07) is 4.69. The predicted octanol–water partition coefficient (Wildman–Crippen LogP) is 3.20. The Hall–Kier alpha value is -0.0600. The van der Waals surface area contributed by atoms with E-state index in [2.05, 4.69) is 15.9 Å². The quantitative estimate of drug-likeness (QED) is 0.835. The van der Waals surface area contributed by atoms with Gasteiger partial charge in [0.15, 0.2) is 0 Å². The number of aliphatic hydroxyl groups excluding tert-OH is 1. The van der Waals surface area contributed by atoms with Gasteiger partial charge in [-0.3, -0.25) is 0 Å². The molecule has 0 unspecified atom stereocenters. The predicted molar refractivity (Wildman–Crippen MR) is 62.0 cm³/mol. The van der Waals surface area contributed by atoms with E-state index in [4.69, 9.17) is 5.11 Å². The molecule has 1 aromatic rings. The average Bonchev–Trinajstić information content (AvgIpc) is 2.18. The largest absolute Gasteiger partial charge is 0.396 e. The van der Waals surface area contributed by atoms with E-state index in [9.17, 15) is 4.39 Å². The van der Waals surface area contributed by atoms with Gasteiger partial charge in [-0.15, -0.1) is 0 Å². The van der Waals surface area contributed by atoms with E-state index in [-0.39, 0.29) is 12.4 Å². The molecule has 1 aromatic carbocycles. The van der Waals surface area contributed by atoms with Gasteiger partial charge in [-0.2, -0.15) is 11.8 Å².